The molecule has 9 aromatic rings. The molecule has 12 fully saturated rings. The van der Waals surface area contributed by atoms with Crippen molar-refractivity contribution < 1.29 is 18.9 Å². The van der Waals surface area contributed by atoms with Gasteiger partial charge in [0.15, 0.2) is 0 Å². The van der Waals surface area contributed by atoms with Crippen LogP contribution in [0.15, 0.2) is 109 Å². The zero-order valence-electron chi connectivity index (χ0n) is 51.7. The Morgan fingerprint density at radius 3 is 1.13 bits per heavy atom. The van der Waals surface area contributed by atoms with Crippen LogP contribution >= 0.6 is 46.6 Å². The number of ether oxygens (including phenoxy) is 4. The summed E-state index contributed by atoms with van der Waals surface area (Å²) in [7, 11) is 0. The molecular formula is C78H69B3N2O4S4. The molecule has 13 heteroatoms. The lowest BCUT2D eigenvalue weighted by Crippen LogP contribution is -2.64. The smallest absolute Gasteiger partial charge is 0.273 e. The third kappa shape index (κ3) is 6.70. The molecule has 7 aromatic carbocycles. The fourth-order valence-corrected chi connectivity index (χ4v) is 29.4. The second-order valence-corrected chi connectivity index (χ2v) is 36.1. The molecule has 0 amide bonds. The molecule has 8 heterocycles. The molecule has 0 spiro atoms. The Morgan fingerprint density at radius 1 is 0.363 bits per heavy atom. The summed E-state index contributed by atoms with van der Waals surface area (Å²) in [4.78, 5) is 0. The lowest BCUT2D eigenvalue weighted by molar-refractivity contribution is -0.00540. The van der Waals surface area contributed by atoms with E-state index >= 15 is 0 Å². The summed E-state index contributed by atoms with van der Waals surface area (Å²) >= 11 is 7.57. The van der Waals surface area contributed by atoms with Gasteiger partial charge in [0.2, 0.25) is 0 Å². The Morgan fingerprint density at radius 2 is 0.703 bits per heavy atom. The monoisotopic (exact) mass is 1260 g/mol. The quantitative estimate of drug-likeness (QED) is 0.125. The molecular weight excluding hydrogens is 1190 g/mol. The van der Waals surface area contributed by atoms with E-state index in [1.165, 1.54) is 223 Å². The van der Waals surface area contributed by atoms with Gasteiger partial charge in [0, 0.05) is 59.8 Å². The number of fused-ring (bicyclic) bond motifs is 16. The van der Waals surface area contributed by atoms with Gasteiger partial charge < -0.3 is 18.9 Å². The topological polar surface area (TPSA) is 43.4 Å². The summed E-state index contributed by atoms with van der Waals surface area (Å²) < 4.78 is 40.9. The molecule has 0 radical (unpaired) electrons. The van der Waals surface area contributed by atoms with Crippen LogP contribution < -0.4 is 75.4 Å². The predicted octanol–water partition coefficient (Wildman–Crippen LogP) is 14.9. The van der Waals surface area contributed by atoms with Gasteiger partial charge in [-0.05, 0) is 319 Å². The molecule has 2 aromatic heterocycles. The molecule has 12 saturated carbocycles. The van der Waals surface area contributed by atoms with Crippen molar-refractivity contribution in [1.29, 1.82) is 0 Å². The van der Waals surface area contributed by atoms with Crippen molar-refractivity contribution in [2.45, 2.75) is 132 Å². The molecule has 448 valence electrons. The van der Waals surface area contributed by atoms with Crippen LogP contribution in [0.5, 0.6) is 46.0 Å². The minimum atomic E-state index is -0.0991. The van der Waals surface area contributed by atoms with E-state index in [4.69, 9.17) is 18.9 Å². The maximum Gasteiger partial charge on any atom is 0.273 e. The van der Waals surface area contributed by atoms with E-state index in [-0.39, 0.29) is 36.4 Å². The number of hydrogen-bond acceptors (Lipinski definition) is 10. The zero-order valence-corrected chi connectivity index (χ0v) is 55.0. The third-order valence-electron chi connectivity index (χ3n) is 27.5. The lowest BCUT2D eigenvalue weighted by atomic mass is 9.31. The SMILES string of the molecule is CSN1c2cc3c(cc2B2c4cc5c(cc4Oc4cc(C67CC8CC(CC(C8)C6)C7)cc1c42)N(SC)c1cc(C24CC6CC(CC(C6)C2)C4)cc2c1B5c1sc4ccccc4c1O2)B1c2sc4ccccc4c2Oc2cc(C45CC6CC(CC(C6)C4)C5)cc(c21)O3. The zero-order chi connectivity index (χ0) is 58.9. The number of benzene rings is 7. The molecule has 12 bridgehead atoms. The summed E-state index contributed by atoms with van der Waals surface area (Å²) in [6, 6.07) is 43.9. The van der Waals surface area contributed by atoms with Gasteiger partial charge in [-0.25, -0.2) is 0 Å². The van der Waals surface area contributed by atoms with Gasteiger partial charge in [-0.3, -0.25) is 8.61 Å². The predicted molar refractivity (Wildman–Crippen MR) is 381 cm³/mol. The number of nitrogens with zero attached hydrogens (tertiary/aromatic N) is 2. The number of thiophene rings is 2. The van der Waals surface area contributed by atoms with Crippen LogP contribution in [0.2, 0.25) is 0 Å². The molecule has 12 aliphatic carbocycles. The normalized spacial score (nSPS) is 32.1. The molecule has 0 N–H and O–H groups in total. The maximum absolute atomic E-state index is 7.87. The standard InChI is InChI=1S/C78H69B3N2O4S4/c1-88-82-57-28-62-56(81-71-65(85-62)24-50(78-36-45-17-46(37-78)19-47(18-45)38-78)25-66(71)87-73-52-8-4-6-10-68(52)91-75(73)81)26-53(57)79-55-27-54-58(29-61(55)84-63-22-48(20-59(82)69(63)79)76-30-39-11-40(31-76)13-41(12-39)32-76)83(89-2)60-21-49(77-33-42-14-43(34-77)16-44(15-42)35-77)23-64-70(60)80(54)74-72(86-64)51-7-3-5-9-67(51)90-74/h3-10,20-29,39-47H,11-19,30-38H2,1-2H3. The first kappa shape index (κ1) is 51.6. The Kier molecular flexibility index (Phi) is 9.94. The number of anilines is 4. The van der Waals surface area contributed by atoms with Crippen molar-refractivity contribution in [2.75, 3.05) is 21.1 Å². The van der Waals surface area contributed by atoms with E-state index in [0.29, 0.717) is 0 Å². The first-order valence-corrected chi connectivity index (χ1v) is 39.0. The molecule has 18 aliphatic rings. The van der Waals surface area contributed by atoms with Gasteiger partial charge in [-0.15, -0.1) is 22.7 Å². The number of hydrogen-bond donors (Lipinski definition) is 0. The van der Waals surface area contributed by atoms with Crippen LogP contribution in [0.1, 0.15) is 132 Å². The van der Waals surface area contributed by atoms with E-state index in [2.05, 4.69) is 130 Å². The van der Waals surface area contributed by atoms with Crippen LogP contribution in [0.4, 0.5) is 22.7 Å². The van der Waals surface area contributed by atoms with Gasteiger partial charge in [-0.1, -0.05) is 36.4 Å². The summed E-state index contributed by atoms with van der Waals surface area (Å²) in [5.74, 6) is 15.8. The summed E-state index contributed by atoms with van der Waals surface area (Å²) in [5, 5.41) is 2.45. The van der Waals surface area contributed by atoms with Crippen molar-refractivity contribution >= 4 is 157 Å². The first-order valence-electron chi connectivity index (χ1n) is 35.0. The fourth-order valence-electron chi connectivity index (χ4n) is 25.4. The molecule has 0 saturated heterocycles. The van der Waals surface area contributed by atoms with Crippen LogP contribution in [0, 0.1) is 53.3 Å². The highest BCUT2D eigenvalue weighted by atomic mass is 32.2. The van der Waals surface area contributed by atoms with Gasteiger partial charge in [0.25, 0.3) is 20.1 Å². The Labute approximate surface area is 550 Å². The van der Waals surface area contributed by atoms with E-state index in [1.54, 1.807) is 0 Å². The van der Waals surface area contributed by atoms with Crippen molar-refractivity contribution in [3.05, 3.63) is 126 Å². The minimum Gasteiger partial charge on any atom is -0.458 e. The highest BCUT2D eigenvalue weighted by molar-refractivity contribution is 8.00. The highest BCUT2D eigenvalue weighted by Crippen LogP contribution is 2.65. The molecule has 6 nitrogen and oxygen atoms in total. The molecule has 27 rings (SSSR count). The minimum absolute atomic E-state index is 0.00542. The van der Waals surface area contributed by atoms with Gasteiger partial charge in [-0.2, -0.15) is 0 Å². The third-order valence-corrected chi connectivity index (χ3v) is 31.5. The van der Waals surface area contributed by atoms with E-state index in [0.717, 1.165) is 99.3 Å². The van der Waals surface area contributed by atoms with Gasteiger partial charge in [0.1, 0.15) is 46.0 Å². The maximum atomic E-state index is 7.87. The molecule has 91 heavy (non-hydrogen) atoms. The van der Waals surface area contributed by atoms with Crippen LogP contribution in [-0.2, 0) is 16.2 Å². The Bertz CT molecular complexity index is 4750. The van der Waals surface area contributed by atoms with Crippen LogP contribution in [0.3, 0.4) is 0 Å². The summed E-state index contributed by atoms with van der Waals surface area (Å²) in [6.45, 7) is -0.148. The molecule has 0 atom stereocenters. The molecule has 6 aliphatic heterocycles. The Balaban J connectivity index is 0.736. The number of rotatable bonds is 5. The van der Waals surface area contributed by atoms with Crippen molar-refractivity contribution in [3.8, 4) is 46.0 Å². The second kappa shape index (κ2) is 17.5. The van der Waals surface area contributed by atoms with E-state index in [9.17, 15) is 0 Å². The van der Waals surface area contributed by atoms with Crippen molar-refractivity contribution in [1.82, 2.24) is 0 Å². The van der Waals surface area contributed by atoms with E-state index in [1.807, 2.05) is 46.6 Å². The fraction of sp³-hybridized carbons (Fsp3) is 0.410. The Hall–Kier alpha value is -5.85. The average Bonchev–Trinajstić information content (AvgIpc) is 1.52. The summed E-state index contributed by atoms with van der Waals surface area (Å²) in [5.41, 5.74) is 19.2. The first-order chi connectivity index (χ1) is 44.7. The van der Waals surface area contributed by atoms with Crippen molar-refractivity contribution in [2.24, 2.45) is 53.3 Å². The average molecular weight is 1260 g/mol. The van der Waals surface area contributed by atoms with Crippen LogP contribution in [-0.4, -0.2) is 32.6 Å². The summed E-state index contributed by atoms with van der Waals surface area (Å²) in [6.07, 6.45) is 29.2. The van der Waals surface area contributed by atoms with Crippen molar-refractivity contribution in [3.63, 3.8) is 0 Å². The highest BCUT2D eigenvalue weighted by Gasteiger charge is 2.58. The molecule has 0 unspecified atom stereocenters. The lowest BCUT2D eigenvalue weighted by Gasteiger charge is -2.57. The van der Waals surface area contributed by atoms with E-state index < -0.39 is 0 Å². The van der Waals surface area contributed by atoms with Gasteiger partial charge in [0.05, 0.1) is 22.7 Å². The second-order valence-electron chi connectivity index (χ2n) is 32.4. The van der Waals surface area contributed by atoms with Gasteiger partial charge >= 0.3 is 0 Å². The largest absolute Gasteiger partial charge is 0.458 e. The van der Waals surface area contributed by atoms with Crippen LogP contribution in [0.25, 0.3) is 20.2 Å².